The van der Waals surface area contributed by atoms with Crippen molar-refractivity contribution >= 4 is 35.2 Å². The van der Waals surface area contributed by atoms with Crippen molar-refractivity contribution in [2.24, 2.45) is 5.92 Å². The maximum Gasteiger partial charge on any atom is 0.337 e. The van der Waals surface area contributed by atoms with E-state index in [-0.39, 0.29) is 17.7 Å². The average molecular weight is 490 g/mol. The largest absolute Gasteiger partial charge is 0.465 e. The van der Waals surface area contributed by atoms with Gasteiger partial charge in [0.25, 0.3) is 5.91 Å². The third kappa shape index (κ3) is 4.84. The van der Waals surface area contributed by atoms with Crippen LogP contribution in [0.4, 0.5) is 11.4 Å². The van der Waals surface area contributed by atoms with E-state index in [0.717, 1.165) is 55.4 Å². The smallest absolute Gasteiger partial charge is 0.337 e. The van der Waals surface area contributed by atoms with Crippen LogP contribution in [0, 0.1) is 5.92 Å². The zero-order chi connectivity index (χ0) is 25.2. The lowest BCUT2D eigenvalue weighted by Gasteiger charge is -2.33. The molecular weight excluding hydrogens is 458 g/mol. The summed E-state index contributed by atoms with van der Waals surface area (Å²) in [5.74, 6) is -0.751. The van der Waals surface area contributed by atoms with Gasteiger partial charge >= 0.3 is 5.97 Å². The Morgan fingerprint density at radius 2 is 1.89 bits per heavy atom. The molecule has 0 bridgehead atoms. The Bertz CT molecular complexity index is 1220. The number of benzene rings is 1. The lowest BCUT2D eigenvalue weighted by Crippen LogP contribution is -2.48. The number of rotatable bonds is 5. The second-order valence-corrected chi connectivity index (χ2v) is 9.34. The molecule has 2 amide bonds. The van der Waals surface area contributed by atoms with Crippen molar-refractivity contribution in [3.05, 3.63) is 64.5 Å². The number of ether oxygens (including phenoxy) is 1. The predicted octanol–water partition coefficient (Wildman–Crippen LogP) is 2.09. The van der Waals surface area contributed by atoms with E-state index >= 15 is 0 Å². The quantitative estimate of drug-likeness (QED) is 0.430. The minimum Gasteiger partial charge on any atom is -0.465 e. The molecule has 0 saturated carbocycles. The Hall–Kier alpha value is -3.69. The van der Waals surface area contributed by atoms with Crippen LogP contribution >= 0.6 is 0 Å². The predicted molar refractivity (Wildman–Crippen MR) is 138 cm³/mol. The van der Waals surface area contributed by atoms with Crippen molar-refractivity contribution in [1.29, 1.82) is 0 Å². The number of methoxy groups -OCH3 is 1. The van der Waals surface area contributed by atoms with Crippen LogP contribution in [0.15, 0.2) is 59.0 Å². The van der Waals surface area contributed by atoms with Crippen LogP contribution in [-0.2, 0) is 19.1 Å². The van der Waals surface area contributed by atoms with E-state index in [4.69, 9.17) is 4.74 Å². The van der Waals surface area contributed by atoms with Gasteiger partial charge in [0.05, 0.1) is 19.2 Å². The van der Waals surface area contributed by atoms with Crippen molar-refractivity contribution < 1.29 is 19.1 Å². The summed E-state index contributed by atoms with van der Waals surface area (Å²) in [5, 5.41) is 9.27. The summed E-state index contributed by atoms with van der Waals surface area (Å²) in [6.07, 6.45) is 7.86. The van der Waals surface area contributed by atoms with Gasteiger partial charge in [0, 0.05) is 66.0 Å². The number of likely N-dealkylation sites (N-methyl/N-ethyl adjacent to an activating group) is 1. The summed E-state index contributed by atoms with van der Waals surface area (Å²) in [6.45, 7) is 7.39. The van der Waals surface area contributed by atoms with Crippen molar-refractivity contribution in [3.63, 3.8) is 0 Å². The number of esters is 1. The van der Waals surface area contributed by atoms with E-state index in [9.17, 15) is 14.4 Å². The van der Waals surface area contributed by atoms with Gasteiger partial charge in [-0.25, -0.2) is 4.79 Å². The third-order valence-corrected chi connectivity index (χ3v) is 7.14. The molecule has 4 aliphatic rings. The number of nitrogens with zero attached hydrogens (tertiary/aromatic N) is 2. The van der Waals surface area contributed by atoms with E-state index < -0.39 is 5.97 Å². The molecule has 1 aromatic rings. The molecule has 1 atom stereocenters. The Labute approximate surface area is 210 Å². The maximum absolute atomic E-state index is 12.8. The molecule has 3 heterocycles. The number of carbonyl (C=O) groups is 3. The van der Waals surface area contributed by atoms with Gasteiger partial charge in [-0.05, 0) is 43.3 Å². The molecule has 36 heavy (non-hydrogen) atoms. The molecule has 1 aromatic carbocycles. The maximum atomic E-state index is 12.8. The highest BCUT2D eigenvalue weighted by molar-refractivity contribution is 6.03. The molecule has 188 valence electrons. The topological polar surface area (TPSA) is 103 Å². The summed E-state index contributed by atoms with van der Waals surface area (Å²) in [5.41, 5.74) is 5.06. The molecule has 2 saturated heterocycles. The van der Waals surface area contributed by atoms with Crippen LogP contribution in [0.1, 0.15) is 18.9 Å². The van der Waals surface area contributed by atoms with Crippen LogP contribution in [0.3, 0.4) is 0 Å². The van der Waals surface area contributed by atoms with Gasteiger partial charge in [0.2, 0.25) is 5.91 Å². The van der Waals surface area contributed by atoms with E-state index in [0.29, 0.717) is 29.8 Å². The molecule has 0 radical (unpaired) electrons. The van der Waals surface area contributed by atoms with Crippen molar-refractivity contribution in [1.82, 2.24) is 15.1 Å². The number of fused-ring (bicyclic) bond motifs is 2. The first kappa shape index (κ1) is 24.0. The second-order valence-electron chi connectivity index (χ2n) is 9.34. The van der Waals surface area contributed by atoms with E-state index in [2.05, 4.69) is 32.7 Å². The Balaban J connectivity index is 1.25. The highest BCUT2D eigenvalue weighted by atomic mass is 16.5. The van der Waals surface area contributed by atoms with Gasteiger partial charge in [-0.1, -0.05) is 19.1 Å². The molecule has 1 unspecified atom stereocenters. The summed E-state index contributed by atoms with van der Waals surface area (Å²) in [7, 11) is 1.34. The van der Waals surface area contributed by atoms with Gasteiger partial charge in [0.15, 0.2) is 0 Å². The first-order valence-corrected chi connectivity index (χ1v) is 12.3. The first-order chi connectivity index (χ1) is 17.4. The van der Waals surface area contributed by atoms with E-state index in [1.165, 1.54) is 7.11 Å². The fourth-order valence-electron chi connectivity index (χ4n) is 5.10. The SMILES string of the molecule is CCN1CCN(CC(=O)Nc2ccc3c(c2)C=C/C(=C2/C(=O)NC4=CC(C(=O)OC)=CCC42)N3)CC1. The number of hydrogen-bond donors (Lipinski definition) is 3. The van der Waals surface area contributed by atoms with Gasteiger partial charge in [-0.3, -0.25) is 14.5 Å². The van der Waals surface area contributed by atoms with Crippen molar-refractivity contribution in [2.45, 2.75) is 13.3 Å². The minimum atomic E-state index is -0.414. The highest BCUT2D eigenvalue weighted by Crippen LogP contribution is 2.38. The number of piperazine rings is 1. The number of allylic oxidation sites excluding steroid dienone is 3. The molecule has 3 aliphatic heterocycles. The van der Waals surface area contributed by atoms with Gasteiger partial charge in [0.1, 0.15) is 0 Å². The second kappa shape index (κ2) is 10.1. The number of nitrogens with one attached hydrogen (secondary N) is 3. The van der Waals surface area contributed by atoms with Crippen LogP contribution in [0.2, 0.25) is 0 Å². The Morgan fingerprint density at radius 1 is 1.11 bits per heavy atom. The zero-order valence-corrected chi connectivity index (χ0v) is 20.6. The van der Waals surface area contributed by atoms with Crippen LogP contribution in [0.5, 0.6) is 0 Å². The van der Waals surface area contributed by atoms with Crippen LogP contribution in [-0.4, -0.2) is 74.0 Å². The standard InChI is InChI=1S/C27H31N5O4/c1-3-31-10-12-32(13-11-31)16-24(33)28-19-6-9-21-17(14-19)5-8-22(29-21)25-20-7-4-18(27(35)36-2)15-23(20)30-26(25)34/h4-6,8-9,14-15,20,29H,3,7,10-13,16H2,1-2H3,(H,28,33)(H,30,34)/b25-22-. The van der Waals surface area contributed by atoms with E-state index in [1.54, 1.807) is 12.2 Å². The molecule has 9 heteroatoms. The summed E-state index contributed by atoms with van der Waals surface area (Å²) in [4.78, 5) is 41.8. The lowest BCUT2D eigenvalue weighted by molar-refractivity contribution is -0.135. The Morgan fingerprint density at radius 3 is 2.64 bits per heavy atom. The number of amides is 2. The molecule has 2 fully saturated rings. The van der Waals surface area contributed by atoms with Crippen LogP contribution < -0.4 is 16.0 Å². The summed E-state index contributed by atoms with van der Waals surface area (Å²) >= 11 is 0. The molecule has 1 aliphatic carbocycles. The summed E-state index contributed by atoms with van der Waals surface area (Å²) < 4.78 is 4.80. The number of anilines is 2. The molecule has 3 N–H and O–H groups in total. The zero-order valence-electron chi connectivity index (χ0n) is 20.6. The minimum absolute atomic E-state index is 0.0194. The molecule has 0 spiro atoms. The monoisotopic (exact) mass is 489 g/mol. The van der Waals surface area contributed by atoms with Crippen molar-refractivity contribution in [3.8, 4) is 0 Å². The first-order valence-electron chi connectivity index (χ1n) is 12.3. The highest BCUT2D eigenvalue weighted by Gasteiger charge is 2.37. The van der Waals surface area contributed by atoms with Crippen LogP contribution in [0.25, 0.3) is 6.08 Å². The number of hydrogen-bond acceptors (Lipinski definition) is 7. The fraction of sp³-hybridized carbons (Fsp3) is 0.370. The molecular formula is C27H31N5O4. The Kier molecular flexibility index (Phi) is 6.75. The average Bonchev–Trinajstić information content (AvgIpc) is 3.23. The molecule has 5 rings (SSSR count). The fourth-order valence-corrected chi connectivity index (χ4v) is 5.10. The van der Waals surface area contributed by atoms with Crippen molar-refractivity contribution in [2.75, 3.05) is 57.0 Å². The van der Waals surface area contributed by atoms with E-state index in [1.807, 2.05) is 30.4 Å². The lowest BCUT2D eigenvalue weighted by atomic mass is 9.88. The molecule has 9 nitrogen and oxygen atoms in total. The number of carbonyl (C=O) groups excluding carboxylic acids is 3. The summed E-state index contributed by atoms with van der Waals surface area (Å²) in [6, 6.07) is 5.71. The van der Waals surface area contributed by atoms with Gasteiger partial charge < -0.3 is 25.6 Å². The normalized spacial score (nSPS) is 23.6. The molecule has 0 aromatic heterocycles. The van der Waals surface area contributed by atoms with Gasteiger partial charge in [-0.2, -0.15) is 0 Å². The third-order valence-electron chi connectivity index (χ3n) is 7.14. The van der Waals surface area contributed by atoms with Gasteiger partial charge in [-0.15, -0.1) is 0 Å².